The van der Waals surface area contributed by atoms with Crippen molar-refractivity contribution >= 4 is 11.0 Å². The SMILES string of the molecule is Cc1ccn(-c2ccc(Cc3nc4c(c(C)nn4CC4CCOCC4)c(=O)[nH]3)cn2)c1. The van der Waals surface area contributed by atoms with Crippen molar-refractivity contribution in [1.29, 1.82) is 0 Å². The molecule has 8 heteroatoms. The molecule has 1 N–H and O–H groups in total. The van der Waals surface area contributed by atoms with Gasteiger partial charge in [0.15, 0.2) is 5.65 Å². The predicted molar refractivity (Wildman–Crippen MR) is 118 cm³/mol. The second-order valence-corrected chi connectivity index (χ2v) is 8.33. The fourth-order valence-corrected chi connectivity index (χ4v) is 4.20. The molecule has 0 spiro atoms. The van der Waals surface area contributed by atoms with E-state index in [1.807, 2.05) is 53.0 Å². The Balaban J connectivity index is 1.42. The number of aromatic nitrogens is 6. The average molecular weight is 419 g/mol. The van der Waals surface area contributed by atoms with Crippen molar-refractivity contribution < 1.29 is 4.74 Å². The summed E-state index contributed by atoms with van der Waals surface area (Å²) in [5, 5.41) is 5.19. The van der Waals surface area contributed by atoms with E-state index in [1.165, 1.54) is 5.56 Å². The maximum absolute atomic E-state index is 12.8. The van der Waals surface area contributed by atoms with Crippen molar-refractivity contribution in [2.24, 2.45) is 5.92 Å². The number of hydrogen-bond donors (Lipinski definition) is 1. The fraction of sp³-hybridized carbons (Fsp3) is 0.391. The van der Waals surface area contributed by atoms with Crippen LogP contribution in [-0.4, -0.2) is 42.5 Å². The molecule has 4 aromatic rings. The second-order valence-electron chi connectivity index (χ2n) is 8.33. The quantitative estimate of drug-likeness (QED) is 0.538. The Labute approximate surface area is 179 Å². The first kappa shape index (κ1) is 19.7. The monoisotopic (exact) mass is 418 g/mol. The normalized spacial score (nSPS) is 15.0. The van der Waals surface area contributed by atoms with Crippen molar-refractivity contribution in [2.45, 2.75) is 39.7 Å². The molecule has 0 bridgehead atoms. The van der Waals surface area contributed by atoms with Gasteiger partial charge in [-0.3, -0.25) is 4.79 Å². The van der Waals surface area contributed by atoms with E-state index in [0.717, 1.165) is 49.7 Å². The zero-order chi connectivity index (χ0) is 21.4. The van der Waals surface area contributed by atoms with Crippen LogP contribution in [0.25, 0.3) is 16.9 Å². The predicted octanol–water partition coefficient (Wildman–Crippen LogP) is 2.94. The molecule has 1 saturated heterocycles. The molecular formula is C23H26N6O2. The largest absolute Gasteiger partial charge is 0.381 e. The van der Waals surface area contributed by atoms with E-state index < -0.39 is 0 Å². The Kier molecular flexibility index (Phi) is 5.15. The molecule has 160 valence electrons. The number of nitrogens with one attached hydrogen (secondary N) is 1. The summed E-state index contributed by atoms with van der Waals surface area (Å²) in [5.74, 6) is 1.98. The minimum Gasteiger partial charge on any atom is -0.381 e. The lowest BCUT2D eigenvalue weighted by Crippen LogP contribution is -2.21. The lowest BCUT2D eigenvalue weighted by Gasteiger charge is -2.21. The van der Waals surface area contributed by atoms with E-state index in [4.69, 9.17) is 9.72 Å². The standard InChI is InChI=1S/C23H26N6O2/c1-15-5-8-28(13-15)20-4-3-18(12-24-20)11-19-25-22-21(23(30)26-19)16(2)27-29(22)14-17-6-9-31-10-7-17/h3-5,8,12-13,17H,6-7,9-11,14H2,1-2H3,(H,25,26,30). The van der Waals surface area contributed by atoms with Crippen LogP contribution < -0.4 is 5.56 Å². The van der Waals surface area contributed by atoms with Gasteiger partial charge in [0.05, 0.1) is 5.69 Å². The maximum atomic E-state index is 12.8. The summed E-state index contributed by atoms with van der Waals surface area (Å²) in [5.41, 5.74) is 3.42. The minimum atomic E-state index is -0.136. The summed E-state index contributed by atoms with van der Waals surface area (Å²) < 4.78 is 9.35. The molecule has 8 nitrogen and oxygen atoms in total. The van der Waals surface area contributed by atoms with Gasteiger partial charge in [-0.05, 0) is 55.9 Å². The molecule has 5 rings (SSSR count). The molecule has 4 aromatic heterocycles. The van der Waals surface area contributed by atoms with E-state index in [2.05, 4.69) is 22.0 Å². The van der Waals surface area contributed by atoms with E-state index >= 15 is 0 Å². The van der Waals surface area contributed by atoms with Crippen LogP contribution in [0.4, 0.5) is 0 Å². The van der Waals surface area contributed by atoms with Crippen molar-refractivity contribution in [3.05, 3.63) is 69.8 Å². The summed E-state index contributed by atoms with van der Waals surface area (Å²) in [6.07, 6.45) is 8.39. The third-order valence-electron chi connectivity index (χ3n) is 5.88. The minimum absolute atomic E-state index is 0.136. The average Bonchev–Trinajstić information content (AvgIpc) is 3.33. The number of hydrogen-bond acceptors (Lipinski definition) is 5. The number of aromatic amines is 1. The zero-order valence-corrected chi connectivity index (χ0v) is 17.8. The van der Waals surface area contributed by atoms with Crippen LogP contribution in [0, 0.1) is 19.8 Å². The van der Waals surface area contributed by atoms with Gasteiger partial charge >= 0.3 is 0 Å². The Morgan fingerprint density at radius 2 is 2.03 bits per heavy atom. The summed E-state index contributed by atoms with van der Waals surface area (Å²) in [7, 11) is 0. The van der Waals surface area contributed by atoms with Crippen LogP contribution >= 0.6 is 0 Å². The number of nitrogens with zero attached hydrogens (tertiary/aromatic N) is 5. The molecule has 5 heterocycles. The van der Waals surface area contributed by atoms with Crippen LogP contribution in [0.3, 0.4) is 0 Å². The van der Waals surface area contributed by atoms with Crippen molar-refractivity contribution in [3.63, 3.8) is 0 Å². The number of pyridine rings is 1. The molecule has 0 radical (unpaired) electrons. The topological polar surface area (TPSA) is 90.6 Å². The Morgan fingerprint density at radius 3 is 2.74 bits per heavy atom. The molecule has 0 aliphatic carbocycles. The number of aryl methyl sites for hydroxylation is 2. The first-order chi connectivity index (χ1) is 15.1. The zero-order valence-electron chi connectivity index (χ0n) is 17.8. The number of H-pyrrole nitrogens is 1. The van der Waals surface area contributed by atoms with Gasteiger partial charge in [0, 0.05) is 44.8 Å². The first-order valence-electron chi connectivity index (χ1n) is 10.7. The van der Waals surface area contributed by atoms with Gasteiger partial charge < -0.3 is 14.3 Å². The molecule has 0 unspecified atom stereocenters. The molecular weight excluding hydrogens is 392 g/mol. The lowest BCUT2D eigenvalue weighted by molar-refractivity contribution is 0.0605. The molecule has 1 aliphatic rings. The van der Waals surface area contributed by atoms with Gasteiger partial charge in [0.25, 0.3) is 5.56 Å². The van der Waals surface area contributed by atoms with Crippen molar-refractivity contribution in [3.8, 4) is 5.82 Å². The summed E-state index contributed by atoms with van der Waals surface area (Å²) in [4.78, 5) is 25.0. The number of ether oxygens (including phenoxy) is 1. The van der Waals surface area contributed by atoms with Gasteiger partial charge in [0.2, 0.25) is 0 Å². The highest BCUT2D eigenvalue weighted by atomic mass is 16.5. The Morgan fingerprint density at radius 1 is 1.19 bits per heavy atom. The van der Waals surface area contributed by atoms with E-state index in [0.29, 0.717) is 29.2 Å². The maximum Gasteiger partial charge on any atom is 0.262 e. The molecule has 31 heavy (non-hydrogen) atoms. The first-order valence-corrected chi connectivity index (χ1v) is 10.7. The van der Waals surface area contributed by atoms with Gasteiger partial charge in [-0.2, -0.15) is 5.10 Å². The summed E-state index contributed by atoms with van der Waals surface area (Å²) in [6.45, 7) is 6.25. The van der Waals surface area contributed by atoms with Crippen LogP contribution in [0.15, 0.2) is 41.6 Å². The highest BCUT2D eigenvalue weighted by molar-refractivity contribution is 5.77. The number of fused-ring (bicyclic) bond motifs is 1. The number of rotatable bonds is 5. The molecule has 1 aliphatic heterocycles. The third-order valence-corrected chi connectivity index (χ3v) is 5.88. The van der Waals surface area contributed by atoms with Crippen LogP contribution in [0.1, 0.15) is 35.5 Å². The lowest BCUT2D eigenvalue weighted by atomic mass is 10.0. The molecule has 0 aromatic carbocycles. The molecule has 0 atom stereocenters. The van der Waals surface area contributed by atoms with E-state index in [9.17, 15) is 4.79 Å². The Bertz CT molecular complexity index is 1260. The molecule has 0 saturated carbocycles. The summed E-state index contributed by atoms with van der Waals surface area (Å²) >= 11 is 0. The van der Waals surface area contributed by atoms with Crippen molar-refractivity contribution in [1.82, 2.24) is 29.3 Å². The smallest absolute Gasteiger partial charge is 0.262 e. The van der Waals surface area contributed by atoms with Gasteiger partial charge in [-0.15, -0.1) is 0 Å². The summed E-state index contributed by atoms with van der Waals surface area (Å²) in [6, 6.07) is 6.04. The fourth-order valence-electron chi connectivity index (χ4n) is 4.20. The van der Waals surface area contributed by atoms with E-state index in [1.54, 1.807) is 0 Å². The highest BCUT2D eigenvalue weighted by Crippen LogP contribution is 2.20. The molecule has 0 amide bonds. The molecule has 1 fully saturated rings. The van der Waals surface area contributed by atoms with Gasteiger partial charge in [-0.1, -0.05) is 6.07 Å². The highest BCUT2D eigenvalue weighted by Gasteiger charge is 2.19. The van der Waals surface area contributed by atoms with Crippen LogP contribution in [0.2, 0.25) is 0 Å². The van der Waals surface area contributed by atoms with Gasteiger partial charge in [-0.25, -0.2) is 14.6 Å². The van der Waals surface area contributed by atoms with Crippen LogP contribution in [-0.2, 0) is 17.7 Å². The van der Waals surface area contributed by atoms with Crippen molar-refractivity contribution in [2.75, 3.05) is 13.2 Å². The third kappa shape index (κ3) is 4.03. The van der Waals surface area contributed by atoms with Gasteiger partial charge in [0.1, 0.15) is 17.0 Å². The van der Waals surface area contributed by atoms with E-state index in [-0.39, 0.29) is 5.56 Å². The van der Waals surface area contributed by atoms with Crippen LogP contribution in [0.5, 0.6) is 0 Å². The second kappa shape index (κ2) is 8.11. The Hall–Kier alpha value is -3.26.